The molecule has 3 nitrogen and oxygen atoms in total. The molecule has 0 aromatic heterocycles. The smallest absolute Gasteiger partial charge is 0.140 e. The minimum atomic E-state index is -0.739. The average Bonchev–Trinajstić information content (AvgIpc) is 2.11. The van der Waals surface area contributed by atoms with Crippen molar-refractivity contribution in [1.29, 1.82) is 5.26 Å². The molecule has 0 spiro atoms. The zero-order valence-electron chi connectivity index (χ0n) is 9.42. The Morgan fingerprint density at radius 2 is 1.86 bits per heavy atom. The third kappa shape index (κ3) is 22.5. The first-order chi connectivity index (χ1) is 6.54. The molecule has 14 heavy (non-hydrogen) atoms. The fraction of sp³-hybridized carbons (Fsp3) is 0.818. The molecular formula is C11H21NO2. The number of nitriles is 1. The predicted molar refractivity (Wildman–Crippen MR) is 56.7 cm³/mol. The highest BCUT2D eigenvalue weighted by atomic mass is 16.3. The van der Waals surface area contributed by atoms with Crippen molar-refractivity contribution in [2.45, 2.75) is 59.0 Å². The number of nitrogens with zero attached hydrogens (tertiary/aromatic N) is 1. The second-order valence-corrected chi connectivity index (χ2v) is 3.40. The molecule has 0 aliphatic heterocycles. The van der Waals surface area contributed by atoms with E-state index in [9.17, 15) is 4.79 Å². The number of aliphatic hydroxyl groups is 1. The van der Waals surface area contributed by atoms with Crippen molar-refractivity contribution in [1.82, 2.24) is 0 Å². The maximum Gasteiger partial charge on any atom is 0.140 e. The van der Waals surface area contributed by atoms with Gasteiger partial charge < -0.3 is 9.90 Å². The van der Waals surface area contributed by atoms with Gasteiger partial charge in [-0.2, -0.15) is 5.26 Å². The summed E-state index contributed by atoms with van der Waals surface area (Å²) in [5.41, 5.74) is 0. The van der Waals surface area contributed by atoms with Crippen LogP contribution in [0.25, 0.3) is 0 Å². The van der Waals surface area contributed by atoms with Gasteiger partial charge in [0.15, 0.2) is 0 Å². The van der Waals surface area contributed by atoms with Gasteiger partial charge in [-0.3, -0.25) is 0 Å². The molecule has 1 unspecified atom stereocenters. The van der Waals surface area contributed by atoms with Gasteiger partial charge in [0.05, 0.1) is 6.07 Å². The van der Waals surface area contributed by atoms with Crippen LogP contribution in [0.4, 0.5) is 0 Å². The van der Waals surface area contributed by atoms with E-state index in [2.05, 4.69) is 6.92 Å². The number of hydrogen-bond donors (Lipinski definition) is 1. The van der Waals surface area contributed by atoms with Gasteiger partial charge in [0.1, 0.15) is 11.9 Å². The van der Waals surface area contributed by atoms with E-state index in [0.29, 0.717) is 6.42 Å². The maximum atomic E-state index is 9.44. The summed E-state index contributed by atoms with van der Waals surface area (Å²) in [6, 6.07) is 1.80. The Morgan fingerprint density at radius 3 is 2.21 bits per heavy atom. The van der Waals surface area contributed by atoms with E-state index in [-0.39, 0.29) is 5.78 Å². The lowest BCUT2D eigenvalue weighted by atomic mass is 10.1. The molecule has 0 aromatic rings. The van der Waals surface area contributed by atoms with Crippen LogP contribution >= 0.6 is 0 Å². The first kappa shape index (κ1) is 15.6. The van der Waals surface area contributed by atoms with Crippen molar-refractivity contribution in [2.24, 2.45) is 0 Å². The molecule has 0 bridgehead atoms. The minimum absolute atomic E-state index is 0.167. The van der Waals surface area contributed by atoms with Crippen molar-refractivity contribution in [3.8, 4) is 6.07 Å². The third-order valence-corrected chi connectivity index (χ3v) is 1.48. The molecule has 0 aliphatic carbocycles. The second-order valence-electron chi connectivity index (χ2n) is 3.40. The van der Waals surface area contributed by atoms with Gasteiger partial charge >= 0.3 is 0 Å². The summed E-state index contributed by atoms with van der Waals surface area (Å²) in [4.78, 5) is 9.44. The van der Waals surface area contributed by atoms with E-state index in [1.165, 1.54) is 26.7 Å². The number of carbonyl (C=O) groups is 1. The van der Waals surface area contributed by atoms with Crippen molar-refractivity contribution >= 4 is 5.78 Å². The van der Waals surface area contributed by atoms with E-state index in [1.807, 2.05) is 0 Å². The van der Waals surface area contributed by atoms with Crippen LogP contribution in [0.1, 0.15) is 52.9 Å². The topological polar surface area (TPSA) is 61.1 Å². The van der Waals surface area contributed by atoms with Crippen LogP contribution in [0.5, 0.6) is 0 Å². The Bertz CT molecular complexity index is 169. The van der Waals surface area contributed by atoms with Gasteiger partial charge in [-0.05, 0) is 26.7 Å². The molecule has 0 rings (SSSR count). The Kier molecular flexibility index (Phi) is 13.5. The number of ketones is 1. The first-order valence-electron chi connectivity index (χ1n) is 5.09. The highest BCUT2D eigenvalue weighted by Crippen LogP contribution is 2.04. The van der Waals surface area contributed by atoms with Gasteiger partial charge in [0.25, 0.3) is 0 Å². The Morgan fingerprint density at radius 1 is 1.36 bits per heavy atom. The second kappa shape index (κ2) is 12.1. The maximum absolute atomic E-state index is 9.44. The average molecular weight is 199 g/mol. The molecule has 0 saturated carbocycles. The number of hydrogen-bond acceptors (Lipinski definition) is 3. The van der Waals surface area contributed by atoms with Gasteiger partial charge in [-0.15, -0.1) is 0 Å². The summed E-state index contributed by atoms with van der Waals surface area (Å²) in [7, 11) is 0. The van der Waals surface area contributed by atoms with E-state index in [1.54, 1.807) is 6.07 Å². The zero-order valence-corrected chi connectivity index (χ0v) is 9.42. The fourth-order valence-electron chi connectivity index (χ4n) is 0.829. The summed E-state index contributed by atoms with van der Waals surface area (Å²) in [5, 5.41) is 17.0. The standard InChI is InChI=1S/C8H15NO.C3H6O/c1-2-3-4-5-6-8(10)7-9;1-3(2)4/h8,10H,2-6H2,1H3;1-2H3. The van der Waals surface area contributed by atoms with Crippen LogP contribution in [0.15, 0.2) is 0 Å². The Hall–Kier alpha value is -0.880. The molecule has 0 heterocycles. The minimum Gasteiger partial charge on any atom is -0.378 e. The summed E-state index contributed by atoms with van der Waals surface area (Å²) >= 11 is 0. The van der Waals surface area contributed by atoms with Gasteiger partial charge in [-0.1, -0.05) is 26.2 Å². The lowest BCUT2D eigenvalue weighted by Crippen LogP contribution is -2.01. The van der Waals surface area contributed by atoms with Crippen LogP contribution in [0.2, 0.25) is 0 Å². The lowest BCUT2D eigenvalue weighted by molar-refractivity contribution is -0.114. The van der Waals surface area contributed by atoms with Crippen LogP contribution in [0.3, 0.4) is 0 Å². The fourth-order valence-corrected chi connectivity index (χ4v) is 0.829. The monoisotopic (exact) mass is 199 g/mol. The van der Waals surface area contributed by atoms with E-state index in [0.717, 1.165) is 12.8 Å². The first-order valence-corrected chi connectivity index (χ1v) is 5.09. The summed E-state index contributed by atoms with van der Waals surface area (Å²) in [6.07, 6.45) is 4.41. The zero-order chi connectivity index (χ0) is 11.4. The number of unbranched alkanes of at least 4 members (excludes halogenated alkanes) is 3. The van der Waals surface area contributed by atoms with E-state index < -0.39 is 6.10 Å². The normalized spacial score (nSPS) is 10.8. The summed E-state index contributed by atoms with van der Waals surface area (Å²) in [6.45, 7) is 5.20. The predicted octanol–water partition coefficient (Wildman–Crippen LogP) is 2.44. The highest BCUT2D eigenvalue weighted by Gasteiger charge is 1.98. The quantitative estimate of drug-likeness (QED) is 0.546. The Labute approximate surface area is 86.7 Å². The number of Topliss-reactive ketones (excluding diaryl/α,β-unsaturated/α-hetero) is 1. The van der Waals surface area contributed by atoms with E-state index >= 15 is 0 Å². The molecular weight excluding hydrogens is 178 g/mol. The van der Waals surface area contributed by atoms with Crippen molar-refractivity contribution < 1.29 is 9.90 Å². The molecule has 0 amide bonds. The molecule has 0 radical (unpaired) electrons. The van der Waals surface area contributed by atoms with Gasteiger partial charge in [0.2, 0.25) is 0 Å². The highest BCUT2D eigenvalue weighted by molar-refractivity contribution is 5.72. The summed E-state index contributed by atoms with van der Waals surface area (Å²) < 4.78 is 0. The molecule has 0 aromatic carbocycles. The lowest BCUT2D eigenvalue weighted by Gasteiger charge is -1.99. The number of rotatable bonds is 5. The summed E-state index contributed by atoms with van der Waals surface area (Å²) in [5.74, 6) is 0.167. The molecule has 1 atom stereocenters. The molecule has 3 heteroatoms. The largest absolute Gasteiger partial charge is 0.378 e. The Balaban J connectivity index is 0. The third-order valence-electron chi connectivity index (χ3n) is 1.48. The van der Waals surface area contributed by atoms with Crippen molar-refractivity contribution in [2.75, 3.05) is 0 Å². The molecule has 82 valence electrons. The van der Waals surface area contributed by atoms with Crippen LogP contribution in [-0.2, 0) is 4.79 Å². The van der Waals surface area contributed by atoms with Crippen molar-refractivity contribution in [3.05, 3.63) is 0 Å². The molecule has 0 fully saturated rings. The van der Waals surface area contributed by atoms with Crippen molar-refractivity contribution in [3.63, 3.8) is 0 Å². The van der Waals surface area contributed by atoms with Gasteiger partial charge in [0, 0.05) is 0 Å². The number of carbonyl (C=O) groups excluding carboxylic acids is 1. The molecule has 0 saturated heterocycles. The van der Waals surface area contributed by atoms with E-state index in [4.69, 9.17) is 10.4 Å². The van der Waals surface area contributed by atoms with Crippen LogP contribution in [-0.4, -0.2) is 17.0 Å². The number of aliphatic hydroxyl groups excluding tert-OH is 1. The van der Waals surface area contributed by atoms with Crippen LogP contribution in [0, 0.1) is 11.3 Å². The molecule has 1 N–H and O–H groups in total. The molecule has 0 aliphatic rings. The SMILES string of the molecule is CC(C)=O.CCCCCCC(O)C#N. The van der Waals surface area contributed by atoms with Gasteiger partial charge in [-0.25, -0.2) is 0 Å². The van der Waals surface area contributed by atoms with Crippen LogP contribution < -0.4 is 0 Å².